The number of hydrogen-bond donors (Lipinski definition) is 2. The summed E-state index contributed by atoms with van der Waals surface area (Å²) in [6.07, 6.45) is 3.20. The predicted molar refractivity (Wildman–Crippen MR) is 98.7 cm³/mol. The molecule has 3 N–H and O–H groups in total. The van der Waals surface area contributed by atoms with Gasteiger partial charge in [0.05, 0.1) is 16.7 Å². The molecule has 1 aromatic rings. The Morgan fingerprint density at radius 2 is 1.88 bits per heavy atom. The van der Waals surface area contributed by atoms with Crippen LogP contribution in [-0.2, 0) is 26.0 Å². The van der Waals surface area contributed by atoms with Crippen molar-refractivity contribution in [1.82, 2.24) is 10.2 Å². The molecule has 1 aromatic carbocycles. The van der Waals surface area contributed by atoms with Crippen LogP contribution in [0.15, 0.2) is 29.2 Å². The van der Waals surface area contributed by atoms with E-state index >= 15 is 0 Å². The number of carbonyl (C=O) groups excluding carboxylic acids is 2. The maximum atomic E-state index is 12.2. The minimum absolute atomic E-state index is 0.0529. The number of primary sulfonamides is 1. The minimum Gasteiger partial charge on any atom is -0.356 e. The molecule has 1 aliphatic rings. The van der Waals surface area contributed by atoms with Crippen molar-refractivity contribution in [3.8, 4) is 0 Å². The van der Waals surface area contributed by atoms with Crippen LogP contribution in [0.1, 0.15) is 31.7 Å². The van der Waals surface area contributed by atoms with Gasteiger partial charge in [-0.25, -0.2) is 13.6 Å². The van der Waals surface area contributed by atoms with E-state index in [2.05, 4.69) is 12.2 Å². The van der Waals surface area contributed by atoms with E-state index in [1.807, 2.05) is 0 Å². The maximum Gasteiger partial charge on any atom is 0.238 e. The second-order valence-electron chi connectivity index (χ2n) is 6.79. The molecule has 26 heavy (non-hydrogen) atoms. The van der Waals surface area contributed by atoms with Gasteiger partial charge in [-0.2, -0.15) is 0 Å². The highest BCUT2D eigenvalue weighted by molar-refractivity contribution is 7.89. The van der Waals surface area contributed by atoms with Crippen molar-refractivity contribution in [2.24, 2.45) is 17.0 Å². The lowest BCUT2D eigenvalue weighted by Crippen LogP contribution is -2.32. The fourth-order valence-electron chi connectivity index (χ4n) is 2.85. The van der Waals surface area contributed by atoms with Crippen molar-refractivity contribution in [2.75, 3.05) is 20.1 Å². The normalized spacial score (nSPS) is 19.0. The number of benzene rings is 1. The second-order valence-corrected chi connectivity index (χ2v) is 8.35. The van der Waals surface area contributed by atoms with Gasteiger partial charge in [-0.15, -0.1) is 0 Å². The summed E-state index contributed by atoms with van der Waals surface area (Å²) in [5.41, 5.74) is 0.903. The van der Waals surface area contributed by atoms with Gasteiger partial charge in [0.1, 0.15) is 0 Å². The van der Waals surface area contributed by atoms with Gasteiger partial charge in [0.2, 0.25) is 21.8 Å². The Labute approximate surface area is 155 Å². The number of amides is 2. The average molecular weight is 381 g/mol. The smallest absolute Gasteiger partial charge is 0.238 e. The average Bonchev–Trinajstić information content (AvgIpc) is 3.39. The van der Waals surface area contributed by atoms with E-state index in [-0.39, 0.29) is 28.5 Å². The Morgan fingerprint density at radius 1 is 1.23 bits per heavy atom. The van der Waals surface area contributed by atoms with Crippen LogP contribution in [0.5, 0.6) is 0 Å². The third-order valence-corrected chi connectivity index (χ3v) is 5.56. The number of rotatable bonds is 9. The fourth-order valence-corrected chi connectivity index (χ4v) is 3.37. The zero-order valence-electron chi connectivity index (χ0n) is 15.3. The molecule has 0 spiro atoms. The first-order chi connectivity index (χ1) is 12.2. The summed E-state index contributed by atoms with van der Waals surface area (Å²) in [4.78, 5) is 26.2. The number of hydrogen-bond acceptors (Lipinski definition) is 4. The van der Waals surface area contributed by atoms with Crippen molar-refractivity contribution in [3.05, 3.63) is 29.8 Å². The first kappa shape index (κ1) is 20.4. The van der Waals surface area contributed by atoms with E-state index in [0.717, 1.165) is 24.9 Å². The van der Waals surface area contributed by atoms with Crippen LogP contribution < -0.4 is 10.5 Å². The van der Waals surface area contributed by atoms with E-state index in [9.17, 15) is 18.0 Å². The van der Waals surface area contributed by atoms with Crippen LogP contribution in [0, 0.1) is 11.8 Å². The van der Waals surface area contributed by atoms with Crippen LogP contribution >= 0.6 is 0 Å². The largest absolute Gasteiger partial charge is 0.356 e. The van der Waals surface area contributed by atoms with Crippen LogP contribution in [0.3, 0.4) is 0 Å². The summed E-state index contributed by atoms with van der Waals surface area (Å²) in [6, 6.07) is 6.26. The van der Waals surface area contributed by atoms with Crippen molar-refractivity contribution in [3.63, 3.8) is 0 Å². The van der Waals surface area contributed by atoms with E-state index in [1.54, 1.807) is 24.1 Å². The Bertz CT molecular complexity index is 746. The van der Waals surface area contributed by atoms with Gasteiger partial charge in [0.15, 0.2) is 0 Å². The lowest BCUT2D eigenvalue weighted by molar-refractivity contribution is -0.133. The molecule has 0 heterocycles. The lowest BCUT2D eigenvalue weighted by Gasteiger charge is -2.16. The van der Waals surface area contributed by atoms with E-state index in [4.69, 9.17) is 5.14 Å². The highest BCUT2D eigenvalue weighted by atomic mass is 32.2. The third-order valence-electron chi connectivity index (χ3n) is 4.63. The summed E-state index contributed by atoms with van der Waals surface area (Å²) in [5, 5.41) is 7.91. The molecule has 2 atom stereocenters. The molecule has 7 nitrogen and oxygen atoms in total. The number of nitrogens with zero attached hydrogens (tertiary/aromatic N) is 1. The van der Waals surface area contributed by atoms with Gasteiger partial charge in [0.25, 0.3) is 0 Å². The minimum atomic E-state index is -3.69. The predicted octanol–water partition coefficient (Wildman–Crippen LogP) is 0.887. The summed E-state index contributed by atoms with van der Waals surface area (Å²) in [5.74, 6) is -0.451. The molecule has 2 rings (SSSR count). The Balaban J connectivity index is 1.74. The van der Waals surface area contributed by atoms with Crippen LogP contribution in [-0.4, -0.2) is 45.3 Å². The number of unbranched alkanes of at least 4 members (excludes halogenated alkanes) is 1. The lowest BCUT2D eigenvalue weighted by atomic mass is 10.1. The zero-order valence-corrected chi connectivity index (χ0v) is 16.1. The SMILES string of the molecule is CCCCN(C)C(=O)C1CC1C(=O)NCCc1ccc(S(N)(=O)=O)cc1. The highest BCUT2D eigenvalue weighted by Crippen LogP contribution is 2.39. The summed E-state index contributed by atoms with van der Waals surface area (Å²) >= 11 is 0. The van der Waals surface area contributed by atoms with Crippen molar-refractivity contribution in [2.45, 2.75) is 37.5 Å². The van der Waals surface area contributed by atoms with E-state index in [1.165, 1.54) is 12.1 Å². The molecule has 0 aliphatic heterocycles. The van der Waals surface area contributed by atoms with Gasteiger partial charge in [-0.1, -0.05) is 25.5 Å². The molecule has 1 aliphatic carbocycles. The Morgan fingerprint density at radius 3 is 2.46 bits per heavy atom. The Kier molecular flexibility index (Phi) is 6.77. The molecule has 8 heteroatoms. The van der Waals surface area contributed by atoms with Gasteiger partial charge < -0.3 is 10.2 Å². The second kappa shape index (κ2) is 8.64. The molecule has 1 fully saturated rings. The highest BCUT2D eigenvalue weighted by Gasteiger charge is 2.48. The molecule has 2 unspecified atom stereocenters. The summed E-state index contributed by atoms with van der Waals surface area (Å²) < 4.78 is 22.4. The quantitative estimate of drug-likeness (QED) is 0.662. The van der Waals surface area contributed by atoms with E-state index < -0.39 is 10.0 Å². The molecule has 0 radical (unpaired) electrons. The molecule has 0 saturated heterocycles. The van der Waals surface area contributed by atoms with Crippen LogP contribution in [0.4, 0.5) is 0 Å². The Hall–Kier alpha value is -1.93. The monoisotopic (exact) mass is 381 g/mol. The third kappa shape index (κ3) is 5.54. The fraction of sp³-hybridized carbons (Fsp3) is 0.556. The summed E-state index contributed by atoms with van der Waals surface area (Å²) in [6.45, 7) is 3.25. The number of sulfonamides is 1. The van der Waals surface area contributed by atoms with E-state index in [0.29, 0.717) is 19.4 Å². The molecule has 0 bridgehead atoms. The standard InChI is InChI=1S/C18H27N3O4S/c1-3-4-11-21(2)18(23)16-12-15(16)17(22)20-10-9-13-5-7-14(8-6-13)26(19,24)25/h5-8,15-16H,3-4,9-12H2,1-2H3,(H,20,22)(H2,19,24,25). The number of nitrogens with one attached hydrogen (secondary N) is 1. The topological polar surface area (TPSA) is 110 Å². The molecule has 0 aromatic heterocycles. The van der Waals surface area contributed by atoms with Crippen molar-refractivity contribution < 1.29 is 18.0 Å². The van der Waals surface area contributed by atoms with Crippen LogP contribution in [0.2, 0.25) is 0 Å². The molecule has 1 saturated carbocycles. The van der Waals surface area contributed by atoms with Gasteiger partial charge in [0, 0.05) is 20.1 Å². The number of nitrogens with two attached hydrogens (primary N) is 1. The van der Waals surface area contributed by atoms with Crippen LogP contribution in [0.25, 0.3) is 0 Å². The van der Waals surface area contributed by atoms with Gasteiger partial charge in [-0.3, -0.25) is 9.59 Å². The first-order valence-electron chi connectivity index (χ1n) is 8.88. The molecular weight excluding hydrogens is 354 g/mol. The molecule has 144 valence electrons. The maximum absolute atomic E-state index is 12.2. The van der Waals surface area contributed by atoms with Crippen molar-refractivity contribution in [1.29, 1.82) is 0 Å². The molecular formula is C18H27N3O4S. The number of carbonyl (C=O) groups is 2. The first-order valence-corrected chi connectivity index (χ1v) is 10.4. The summed E-state index contributed by atoms with van der Waals surface area (Å²) in [7, 11) is -1.90. The van der Waals surface area contributed by atoms with Gasteiger partial charge in [-0.05, 0) is 37.0 Å². The van der Waals surface area contributed by atoms with Gasteiger partial charge >= 0.3 is 0 Å². The van der Waals surface area contributed by atoms with Crippen molar-refractivity contribution >= 4 is 21.8 Å². The molecule has 2 amide bonds. The zero-order chi connectivity index (χ0) is 19.3.